The van der Waals surface area contributed by atoms with Crippen LogP contribution in [0, 0.1) is 0 Å². The van der Waals surface area contributed by atoms with Gasteiger partial charge < -0.3 is 19.9 Å². The van der Waals surface area contributed by atoms with Crippen LogP contribution in [0.2, 0.25) is 0 Å². The highest BCUT2D eigenvalue weighted by Crippen LogP contribution is 2.32. The molecule has 2 heterocycles. The number of anilines is 1. The second kappa shape index (κ2) is 8.82. The first-order valence-electron chi connectivity index (χ1n) is 9.79. The summed E-state index contributed by atoms with van der Waals surface area (Å²) in [7, 11) is 0. The molecule has 0 aliphatic carbocycles. The van der Waals surface area contributed by atoms with Crippen molar-refractivity contribution in [1.82, 2.24) is 10.2 Å². The fraction of sp³-hybridized carbons (Fsp3) is 0.450. The molecule has 1 aromatic rings. The molecule has 3 rings (SSSR count). The van der Waals surface area contributed by atoms with E-state index in [2.05, 4.69) is 10.6 Å². The normalized spacial score (nSPS) is 20.3. The standard InChI is InChI=1S/C20H23N3O8/c1-3-30-20(2,19(28)29)31-10-9-21-12-6-4-5-11-15(12)18(27)23(17(11)26)13-7-8-14(24)22-16(13)25/h4-6,13,21H,3,7-10H2,1-2H3,(H,28,29)(H,22,24,25). The molecule has 0 aromatic heterocycles. The second-order valence-corrected chi connectivity index (χ2v) is 7.13. The zero-order valence-electron chi connectivity index (χ0n) is 17.1. The van der Waals surface area contributed by atoms with Crippen LogP contribution in [0.25, 0.3) is 0 Å². The number of amides is 4. The predicted octanol–water partition coefficient (Wildman–Crippen LogP) is 0.354. The van der Waals surface area contributed by atoms with Crippen molar-refractivity contribution in [2.24, 2.45) is 0 Å². The van der Waals surface area contributed by atoms with Crippen molar-refractivity contribution in [1.29, 1.82) is 0 Å². The van der Waals surface area contributed by atoms with E-state index in [1.54, 1.807) is 19.1 Å². The maximum absolute atomic E-state index is 13.0. The van der Waals surface area contributed by atoms with Crippen LogP contribution in [0.1, 0.15) is 47.4 Å². The number of nitrogens with one attached hydrogen (secondary N) is 2. The average molecular weight is 433 g/mol. The first kappa shape index (κ1) is 22.4. The van der Waals surface area contributed by atoms with Gasteiger partial charge in [0.05, 0.1) is 17.7 Å². The van der Waals surface area contributed by atoms with Crippen LogP contribution >= 0.6 is 0 Å². The molecule has 2 unspecified atom stereocenters. The van der Waals surface area contributed by atoms with Crippen molar-refractivity contribution in [3.8, 4) is 0 Å². The Labute approximate surface area is 177 Å². The monoisotopic (exact) mass is 433 g/mol. The molecule has 166 valence electrons. The van der Waals surface area contributed by atoms with Gasteiger partial charge in [0.15, 0.2) is 0 Å². The Morgan fingerprint density at radius 3 is 2.65 bits per heavy atom. The molecule has 2 aliphatic heterocycles. The van der Waals surface area contributed by atoms with Gasteiger partial charge in [-0.05, 0) is 25.5 Å². The molecular formula is C20H23N3O8. The summed E-state index contributed by atoms with van der Waals surface area (Å²) in [5.74, 6) is -5.44. The predicted molar refractivity (Wildman–Crippen MR) is 105 cm³/mol. The fourth-order valence-corrected chi connectivity index (χ4v) is 3.53. The van der Waals surface area contributed by atoms with Gasteiger partial charge in [-0.25, -0.2) is 4.79 Å². The van der Waals surface area contributed by atoms with Gasteiger partial charge in [0, 0.05) is 32.2 Å². The lowest BCUT2D eigenvalue weighted by molar-refractivity contribution is -0.233. The molecule has 3 N–H and O–H groups in total. The molecule has 4 amide bonds. The highest BCUT2D eigenvalue weighted by atomic mass is 16.7. The molecule has 0 saturated carbocycles. The first-order chi connectivity index (χ1) is 14.7. The van der Waals surface area contributed by atoms with E-state index >= 15 is 0 Å². The summed E-state index contributed by atoms with van der Waals surface area (Å²) >= 11 is 0. The van der Waals surface area contributed by atoms with Gasteiger partial charge in [0.2, 0.25) is 11.8 Å². The minimum absolute atomic E-state index is 0.0361. The number of piperidine rings is 1. The lowest BCUT2D eigenvalue weighted by atomic mass is 10.0. The van der Waals surface area contributed by atoms with Crippen molar-refractivity contribution in [3.05, 3.63) is 29.3 Å². The molecular weight excluding hydrogens is 410 g/mol. The van der Waals surface area contributed by atoms with Crippen LogP contribution in [0.5, 0.6) is 0 Å². The number of hydrogen-bond donors (Lipinski definition) is 3. The van der Waals surface area contributed by atoms with E-state index in [9.17, 15) is 29.1 Å². The van der Waals surface area contributed by atoms with Gasteiger partial charge in [-0.2, -0.15) is 0 Å². The minimum atomic E-state index is -1.80. The van der Waals surface area contributed by atoms with Gasteiger partial charge >= 0.3 is 5.97 Å². The lowest BCUT2D eigenvalue weighted by Gasteiger charge is -2.27. The second-order valence-electron chi connectivity index (χ2n) is 7.13. The molecule has 1 fully saturated rings. The Hall–Kier alpha value is -3.31. The van der Waals surface area contributed by atoms with E-state index in [0.29, 0.717) is 5.69 Å². The maximum atomic E-state index is 13.0. The quantitative estimate of drug-likeness (QED) is 0.285. The largest absolute Gasteiger partial charge is 0.477 e. The number of hydrogen-bond acceptors (Lipinski definition) is 8. The van der Waals surface area contributed by atoms with Gasteiger partial charge in [-0.15, -0.1) is 0 Å². The summed E-state index contributed by atoms with van der Waals surface area (Å²) in [6, 6.07) is 3.61. The lowest BCUT2D eigenvalue weighted by Crippen LogP contribution is -2.54. The van der Waals surface area contributed by atoms with Crippen LogP contribution in [0.3, 0.4) is 0 Å². The molecule has 0 spiro atoms. The molecule has 31 heavy (non-hydrogen) atoms. The fourth-order valence-electron chi connectivity index (χ4n) is 3.53. The summed E-state index contributed by atoms with van der Waals surface area (Å²) < 4.78 is 10.5. The highest BCUT2D eigenvalue weighted by molar-refractivity contribution is 6.25. The number of carboxylic acids is 1. The number of carbonyl (C=O) groups excluding carboxylic acids is 4. The number of rotatable bonds is 9. The summed E-state index contributed by atoms with van der Waals surface area (Å²) in [5.41, 5.74) is 0.607. The molecule has 2 atom stereocenters. The van der Waals surface area contributed by atoms with E-state index in [1.165, 1.54) is 13.0 Å². The maximum Gasteiger partial charge on any atom is 0.364 e. The van der Waals surface area contributed by atoms with Gasteiger partial charge in [0.25, 0.3) is 17.6 Å². The Morgan fingerprint density at radius 1 is 1.26 bits per heavy atom. The minimum Gasteiger partial charge on any atom is -0.477 e. The van der Waals surface area contributed by atoms with Crippen molar-refractivity contribution in [2.75, 3.05) is 25.1 Å². The molecule has 11 nitrogen and oxygen atoms in total. The van der Waals surface area contributed by atoms with E-state index in [-0.39, 0.29) is 43.7 Å². The number of benzene rings is 1. The average Bonchev–Trinajstić information content (AvgIpc) is 2.97. The molecule has 1 aromatic carbocycles. The third-order valence-electron chi connectivity index (χ3n) is 5.07. The van der Waals surface area contributed by atoms with Gasteiger partial charge in [-0.3, -0.25) is 29.4 Å². The van der Waals surface area contributed by atoms with Crippen LogP contribution in [0.4, 0.5) is 5.69 Å². The smallest absolute Gasteiger partial charge is 0.364 e. The van der Waals surface area contributed by atoms with Crippen molar-refractivity contribution in [3.63, 3.8) is 0 Å². The third-order valence-corrected chi connectivity index (χ3v) is 5.07. The number of imide groups is 2. The van der Waals surface area contributed by atoms with Crippen molar-refractivity contribution < 1.29 is 38.6 Å². The zero-order chi connectivity index (χ0) is 22.8. The molecule has 0 radical (unpaired) electrons. The molecule has 11 heteroatoms. The zero-order valence-corrected chi connectivity index (χ0v) is 17.1. The van der Waals surface area contributed by atoms with Crippen LogP contribution in [-0.2, 0) is 23.9 Å². The molecule has 2 aliphatic rings. The summed E-state index contributed by atoms with van der Waals surface area (Å²) in [6.07, 6.45) is 0.104. The van der Waals surface area contributed by atoms with Gasteiger partial charge in [0.1, 0.15) is 6.04 Å². The summed E-state index contributed by atoms with van der Waals surface area (Å²) in [5, 5.41) is 14.4. The van der Waals surface area contributed by atoms with E-state index in [1.807, 2.05) is 0 Å². The van der Waals surface area contributed by atoms with E-state index in [0.717, 1.165) is 4.90 Å². The van der Waals surface area contributed by atoms with Crippen LogP contribution < -0.4 is 10.6 Å². The van der Waals surface area contributed by atoms with Gasteiger partial charge in [-0.1, -0.05) is 6.07 Å². The van der Waals surface area contributed by atoms with Crippen LogP contribution in [0.15, 0.2) is 18.2 Å². The van der Waals surface area contributed by atoms with Crippen molar-refractivity contribution in [2.45, 2.75) is 38.5 Å². The highest BCUT2D eigenvalue weighted by Gasteiger charge is 2.45. The number of nitrogens with zero attached hydrogens (tertiary/aromatic N) is 1. The number of carboxylic acid groups (broad SMARTS) is 1. The number of ether oxygens (including phenoxy) is 2. The number of carbonyl (C=O) groups is 5. The summed E-state index contributed by atoms with van der Waals surface area (Å²) in [6.45, 7) is 3.17. The first-order valence-corrected chi connectivity index (χ1v) is 9.79. The van der Waals surface area contributed by atoms with E-state index < -0.39 is 41.4 Å². The number of aliphatic carboxylic acids is 1. The Morgan fingerprint density at radius 2 is 2.00 bits per heavy atom. The van der Waals surface area contributed by atoms with Crippen molar-refractivity contribution >= 4 is 35.3 Å². The third kappa shape index (κ3) is 4.28. The van der Waals surface area contributed by atoms with Crippen LogP contribution in [-0.4, -0.2) is 71.2 Å². The number of fused-ring (bicyclic) bond motifs is 1. The van der Waals surface area contributed by atoms with E-state index in [4.69, 9.17) is 9.47 Å². The summed E-state index contributed by atoms with van der Waals surface area (Å²) in [4.78, 5) is 61.5. The Balaban J connectivity index is 1.71. The topological polar surface area (TPSA) is 151 Å². The Bertz CT molecular complexity index is 946. The molecule has 1 saturated heterocycles. The Kier molecular flexibility index (Phi) is 6.37. The SMILES string of the molecule is CCOC(C)(OCCNc1cccc2c1C(=O)N(C1CCC(=O)NC1=O)C2=O)C(=O)O. The molecule has 0 bridgehead atoms.